The zero-order chi connectivity index (χ0) is 12.7. The van der Waals surface area contributed by atoms with E-state index in [1.807, 2.05) is 18.6 Å². The van der Waals surface area contributed by atoms with E-state index in [2.05, 4.69) is 54.1 Å². The first-order valence-electron chi connectivity index (χ1n) is 5.86. The molecule has 0 saturated heterocycles. The van der Waals surface area contributed by atoms with Crippen LogP contribution in [0.2, 0.25) is 0 Å². The fourth-order valence-electron chi connectivity index (χ4n) is 2.03. The van der Waals surface area contributed by atoms with Crippen LogP contribution in [0.25, 0.3) is 0 Å². The molecule has 0 saturated carbocycles. The van der Waals surface area contributed by atoms with Gasteiger partial charge in [0.2, 0.25) is 0 Å². The van der Waals surface area contributed by atoms with Crippen LogP contribution in [0.15, 0.2) is 24.9 Å². The average molecular weight is 232 g/mol. The van der Waals surface area contributed by atoms with Crippen LogP contribution in [0.5, 0.6) is 0 Å². The third-order valence-electron chi connectivity index (χ3n) is 3.07. The lowest BCUT2D eigenvalue weighted by molar-refractivity contribution is 0.375. The first kappa shape index (κ1) is 11.9. The summed E-state index contributed by atoms with van der Waals surface area (Å²) in [6.45, 7) is 10.9. The molecular weight excluding hydrogens is 212 g/mol. The molecule has 0 amide bonds. The van der Waals surface area contributed by atoms with Crippen molar-refractivity contribution in [1.29, 1.82) is 0 Å². The van der Waals surface area contributed by atoms with E-state index in [1.165, 1.54) is 0 Å². The number of hydrogen-bond acceptors (Lipinski definition) is 2. The van der Waals surface area contributed by atoms with E-state index in [1.54, 1.807) is 6.33 Å². The number of imidazole rings is 2. The van der Waals surface area contributed by atoms with Gasteiger partial charge in [0.15, 0.2) is 0 Å². The number of nitrogens with one attached hydrogen (secondary N) is 1. The van der Waals surface area contributed by atoms with Crippen LogP contribution in [0.4, 0.5) is 0 Å². The van der Waals surface area contributed by atoms with Crippen LogP contribution in [0.3, 0.4) is 0 Å². The van der Waals surface area contributed by atoms with Crippen molar-refractivity contribution in [3.63, 3.8) is 0 Å². The second-order valence-corrected chi connectivity index (χ2v) is 5.90. The molecule has 4 nitrogen and oxygen atoms in total. The van der Waals surface area contributed by atoms with Gasteiger partial charge in [-0.05, 0) is 13.8 Å². The van der Waals surface area contributed by atoms with Gasteiger partial charge in [-0.1, -0.05) is 20.8 Å². The number of H-pyrrole nitrogens is 1. The second-order valence-electron chi connectivity index (χ2n) is 5.90. The van der Waals surface area contributed by atoms with Crippen molar-refractivity contribution < 1.29 is 0 Å². The number of aromatic amines is 1. The zero-order valence-corrected chi connectivity index (χ0v) is 11.2. The lowest BCUT2D eigenvalue weighted by Gasteiger charge is -2.31. The lowest BCUT2D eigenvalue weighted by Crippen LogP contribution is -2.33. The van der Waals surface area contributed by atoms with E-state index < -0.39 is 0 Å². The van der Waals surface area contributed by atoms with Gasteiger partial charge < -0.3 is 9.55 Å². The molecule has 2 aromatic heterocycles. The van der Waals surface area contributed by atoms with Crippen molar-refractivity contribution in [2.75, 3.05) is 0 Å². The molecule has 0 unspecified atom stereocenters. The third-order valence-corrected chi connectivity index (χ3v) is 3.07. The van der Waals surface area contributed by atoms with Gasteiger partial charge in [-0.15, -0.1) is 0 Å². The molecular formula is C13H20N4. The molecule has 2 rings (SSSR count). The van der Waals surface area contributed by atoms with E-state index in [0.29, 0.717) is 0 Å². The molecule has 0 aliphatic rings. The molecule has 2 aromatic rings. The summed E-state index contributed by atoms with van der Waals surface area (Å²) in [6.07, 6.45) is 7.47. The monoisotopic (exact) mass is 232 g/mol. The average Bonchev–Trinajstić information content (AvgIpc) is 2.89. The van der Waals surface area contributed by atoms with Crippen LogP contribution in [0, 0.1) is 0 Å². The fraction of sp³-hybridized carbons (Fsp3) is 0.538. The zero-order valence-electron chi connectivity index (χ0n) is 11.2. The van der Waals surface area contributed by atoms with Gasteiger partial charge >= 0.3 is 0 Å². The van der Waals surface area contributed by atoms with Gasteiger partial charge in [0, 0.05) is 17.8 Å². The summed E-state index contributed by atoms with van der Waals surface area (Å²) in [5.74, 6) is 1.08. The van der Waals surface area contributed by atoms with Gasteiger partial charge in [0.05, 0.1) is 23.8 Å². The maximum atomic E-state index is 4.49. The van der Waals surface area contributed by atoms with Crippen molar-refractivity contribution in [2.24, 2.45) is 0 Å². The van der Waals surface area contributed by atoms with Gasteiger partial charge in [0.25, 0.3) is 0 Å². The SMILES string of the molecule is CC(C)(C)c1nccn1C(C)(C)c1cnc[nH]1. The normalized spacial score (nSPS) is 13.0. The van der Waals surface area contributed by atoms with Gasteiger partial charge in [-0.3, -0.25) is 0 Å². The highest BCUT2D eigenvalue weighted by atomic mass is 15.1. The van der Waals surface area contributed by atoms with E-state index in [9.17, 15) is 0 Å². The summed E-state index contributed by atoms with van der Waals surface area (Å²) >= 11 is 0. The summed E-state index contributed by atoms with van der Waals surface area (Å²) in [5, 5.41) is 0. The molecule has 92 valence electrons. The predicted molar refractivity (Wildman–Crippen MR) is 67.9 cm³/mol. The van der Waals surface area contributed by atoms with Gasteiger partial charge in [-0.2, -0.15) is 0 Å². The highest BCUT2D eigenvalue weighted by Crippen LogP contribution is 2.29. The lowest BCUT2D eigenvalue weighted by atomic mass is 9.93. The van der Waals surface area contributed by atoms with E-state index in [4.69, 9.17) is 0 Å². The van der Waals surface area contributed by atoms with Crippen LogP contribution < -0.4 is 0 Å². The first-order chi connectivity index (χ1) is 7.83. The Hall–Kier alpha value is -1.58. The van der Waals surface area contributed by atoms with E-state index in [-0.39, 0.29) is 11.0 Å². The maximum absolute atomic E-state index is 4.49. The molecule has 0 atom stereocenters. The number of hydrogen-bond donors (Lipinski definition) is 1. The molecule has 1 N–H and O–H groups in total. The minimum Gasteiger partial charge on any atom is -0.347 e. The predicted octanol–water partition coefficient (Wildman–Crippen LogP) is 2.69. The van der Waals surface area contributed by atoms with Crippen molar-refractivity contribution in [3.8, 4) is 0 Å². The van der Waals surface area contributed by atoms with Crippen LogP contribution in [0.1, 0.15) is 46.1 Å². The molecule has 0 bridgehead atoms. The van der Waals surface area contributed by atoms with Crippen LogP contribution in [-0.2, 0) is 11.0 Å². The Morgan fingerprint density at radius 1 is 1.18 bits per heavy atom. The largest absolute Gasteiger partial charge is 0.347 e. The topological polar surface area (TPSA) is 46.5 Å². The first-order valence-corrected chi connectivity index (χ1v) is 5.86. The Labute approximate surface area is 102 Å². The molecule has 17 heavy (non-hydrogen) atoms. The summed E-state index contributed by atoms with van der Waals surface area (Å²) in [7, 11) is 0. The molecule has 0 aliphatic heterocycles. The molecule has 0 spiro atoms. The minimum absolute atomic E-state index is 0.0286. The van der Waals surface area contributed by atoms with Crippen molar-refractivity contribution in [1.82, 2.24) is 19.5 Å². The van der Waals surface area contributed by atoms with Crippen LogP contribution in [-0.4, -0.2) is 19.5 Å². The highest BCUT2D eigenvalue weighted by Gasteiger charge is 2.30. The van der Waals surface area contributed by atoms with Gasteiger partial charge in [-0.25, -0.2) is 9.97 Å². The van der Waals surface area contributed by atoms with Crippen molar-refractivity contribution >= 4 is 0 Å². The summed E-state index contributed by atoms with van der Waals surface area (Å²) in [5.41, 5.74) is 0.942. The van der Waals surface area contributed by atoms with Crippen molar-refractivity contribution in [2.45, 2.75) is 45.6 Å². The maximum Gasteiger partial charge on any atom is 0.114 e. The molecule has 0 aromatic carbocycles. The van der Waals surface area contributed by atoms with Crippen LogP contribution >= 0.6 is 0 Å². The second kappa shape index (κ2) is 3.72. The molecule has 0 fully saturated rings. The molecule has 0 radical (unpaired) electrons. The molecule has 0 aliphatic carbocycles. The summed E-state index contributed by atoms with van der Waals surface area (Å²) < 4.78 is 2.21. The standard InChI is InChI=1S/C13H20N4/c1-12(2,3)11-15-6-7-17(11)13(4,5)10-8-14-9-16-10/h6-9H,1-5H3,(H,14,16). The Bertz CT molecular complexity index is 486. The summed E-state index contributed by atoms with van der Waals surface area (Å²) in [4.78, 5) is 11.8. The van der Waals surface area contributed by atoms with Gasteiger partial charge in [0.1, 0.15) is 5.82 Å². The Morgan fingerprint density at radius 2 is 1.88 bits per heavy atom. The smallest absolute Gasteiger partial charge is 0.114 e. The third kappa shape index (κ3) is 1.99. The Kier molecular flexibility index (Phi) is 2.60. The molecule has 4 heteroatoms. The highest BCUT2D eigenvalue weighted by molar-refractivity contribution is 5.17. The minimum atomic E-state index is -0.171. The van der Waals surface area contributed by atoms with Crippen molar-refractivity contribution in [3.05, 3.63) is 36.4 Å². The number of aromatic nitrogens is 4. The fourth-order valence-corrected chi connectivity index (χ4v) is 2.03. The van der Waals surface area contributed by atoms with E-state index in [0.717, 1.165) is 11.5 Å². The number of nitrogens with zero attached hydrogens (tertiary/aromatic N) is 3. The van der Waals surface area contributed by atoms with E-state index >= 15 is 0 Å². The summed E-state index contributed by atoms with van der Waals surface area (Å²) in [6, 6.07) is 0. The quantitative estimate of drug-likeness (QED) is 0.865. The Balaban J connectivity index is 2.51. The molecule has 2 heterocycles. The Morgan fingerprint density at radius 3 is 2.41 bits per heavy atom. The number of rotatable bonds is 2.